The monoisotopic (exact) mass is 398 g/mol. The van der Waals surface area contributed by atoms with Gasteiger partial charge in [-0.1, -0.05) is 36.4 Å². The largest absolute Gasteiger partial charge is 0.391 e. The Kier molecular flexibility index (Phi) is 4.77. The molecule has 0 bridgehead atoms. The molecule has 3 heterocycles. The number of aliphatic hydroxyl groups is 1. The van der Waals surface area contributed by atoms with Crippen molar-refractivity contribution in [3.63, 3.8) is 0 Å². The molecule has 0 radical (unpaired) electrons. The number of hydrogen-bond donors (Lipinski definition) is 2. The number of rotatable bonds is 4. The van der Waals surface area contributed by atoms with E-state index in [2.05, 4.69) is 21.0 Å². The van der Waals surface area contributed by atoms with Gasteiger partial charge in [0.2, 0.25) is 0 Å². The molecule has 6 heteroatoms. The molecule has 150 valence electrons. The molecule has 2 atom stereocenters. The van der Waals surface area contributed by atoms with E-state index in [0.717, 1.165) is 22.0 Å². The zero-order valence-electron chi connectivity index (χ0n) is 16.4. The number of β-amino-alcohol motifs (C(OH)–C–C–N with tert-alkyl or cyclic N) is 1. The van der Waals surface area contributed by atoms with Crippen LogP contribution in [0.4, 0.5) is 0 Å². The molecule has 1 amide bonds. The topological polar surface area (TPSA) is 82.1 Å². The zero-order valence-corrected chi connectivity index (χ0v) is 16.4. The first-order chi connectivity index (χ1) is 14.7. The first-order valence-corrected chi connectivity index (χ1v) is 10.1. The molecule has 5 rings (SSSR count). The number of aromatic amines is 1. The summed E-state index contributed by atoms with van der Waals surface area (Å²) in [5.74, 6) is 0.567. The van der Waals surface area contributed by atoms with Gasteiger partial charge < -0.3 is 15.0 Å². The number of carbonyl (C=O) groups is 1. The highest BCUT2D eigenvalue weighted by Crippen LogP contribution is 2.28. The SMILES string of the molecule is O=C(c1ccccc1-c1ncc[nH]1)N1C[C@@H](Cc2ccnc3ccccc23)[C@H](O)C1. The number of likely N-dealkylation sites (tertiary alicyclic amines) is 1. The Morgan fingerprint density at radius 1 is 1.03 bits per heavy atom. The Hall–Kier alpha value is -3.51. The molecule has 2 N–H and O–H groups in total. The Bertz CT molecular complexity index is 1180. The number of benzene rings is 2. The summed E-state index contributed by atoms with van der Waals surface area (Å²) >= 11 is 0. The Morgan fingerprint density at radius 3 is 2.73 bits per heavy atom. The Balaban J connectivity index is 1.38. The predicted octanol–water partition coefficient (Wildman–Crippen LogP) is 3.30. The number of nitrogens with one attached hydrogen (secondary N) is 1. The quantitative estimate of drug-likeness (QED) is 0.553. The van der Waals surface area contributed by atoms with E-state index in [0.29, 0.717) is 30.9 Å². The third kappa shape index (κ3) is 3.35. The van der Waals surface area contributed by atoms with Crippen LogP contribution in [-0.2, 0) is 6.42 Å². The molecule has 4 aromatic rings. The normalized spacial score (nSPS) is 18.8. The van der Waals surface area contributed by atoms with E-state index in [-0.39, 0.29) is 11.8 Å². The molecular formula is C24H22N4O2. The fourth-order valence-corrected chi connectivity index (χ4v) is 4.30. The summed E-state index contributed by atoms with van der Waals surface area (Å²) in [6.45, 7) is 0.849. The van der Waals surface area contributed by atoms with Crippen LogP contribution in [0.15, 0.2) is 73.2 Å². The molecular weight excluding hydrogens is 376 g/mol. The molecule has 2 aromatic heterocycles. The van der Waals surface area contributed by atoms with Gasteiger partial charge in [-0.3, -0.25) is 9.78 Å². The van der Waals surface area contributed by atoms with Crippen molar-refractivity contribution < 1.29 is 9.90 Å². The molecule has 30 heavy (non-hydrogen) atoms. The molecule has 1 aliphatic heterocycles. The number of para-hydroxylation sites is 1. The van der Waals surface area contributed by atoms with Crippen molar-refractivity contribution in [1.82, 2.24) is 19.9 Å². The summed E-state index contributed by atoms with van der Waals surface area (Å²) in [6, 6.07) is 17.5. The van der Waals surface area contributed by atoms with Crippen LogP contribution in [0.5, 0.6) is 0 Å². The van der Waals surface area contributed by atoms with E-state index in [9.17, 15) is 9.90 Å². The van der Waals surface area contributed by atoms with Crippen molar-refractivity contribution in [1.29, 1.82) is 0 Å². The Labute approximate surface area is 174 Å². The van der Waals surface area contributed by atoms with Crippen molar-refractivity contribution in [2.24, 2.45) is 5.92 Å². The number of hydrogen-bond acceptors (Lipinski definition) is 4. The number of fused-ring (bicyclic) bond motifs is 1. The summed E-state index contributed by atoms with van der Waals surface area (Å²) in [5.41, 5.74) is 3.46. The van der Waals surface area contributed by atoms with Crippen molar-refractivity contribution in [3.8, 4) is 11.4 Å². The van der Waals surface area contributed by atoms with Crippen LogP contribution >= 0.6 is 0 Å². The van der Waals surface area contributed by atoms with Crippen LogP contribution in [-0.4, -0.2) is 50.1 Å². The molecule has 1 fully saturated rings. The fourth-order valence-electron chi connectivity index (χ4n) is 4.30. The molecule has 0 spiro atoms. The molecule has 2 aromatic carbocycles. The number of carbonyl (C=O) groups excluding carboxylic acids is 1. The van der Waals surface area contributed by atoms with Crippen molar-refractivity contribution in [2.45, 2.75) is 12.5 Å². The first kappa shape index (κ1) is 18.5. The van der Waals surface area contributed by atoms with Crippen molar-refractivity contribution in [3.05, 3.63) is 84.3 Å². The molecule has 1 saturated heterocycles. The number of aromatic nitrogens is 3. The summed E-state index contributed by atoms with van der Waals surface area (Å²) in [7, 11) is 0. The number of aliphatic hydroxyl groups excluding tert-OH is 1. The van der Waals surface area contributed by atoms with Gasteiger partial charge in [0.1, 0.15) is 5.82 Å². The summed E-state index contributed by atoms with van der Waals surface area (Å²) in [6.07, 6.45) is 5.36. The summed E-state index contributed by atoms with van der Waals surface area (Å²) < 4.78 is 0. The maximum atomic E-state index is 13.3. The van der Waals surface area contributed by atoms with Crippen molar-refractivity contribution >= 4 is 16.8 Å². The van der Waals surface area contributed by atoms with E-state index in [1.807, 2.05) is 54.7 Å². The number of imidazole rings is 1. The average molecular weight is 398 g/mol. The molecule has 0 aliphatic carbocycles. The van der Waals surface area contributed by atoms with Gasteiger partial charge in [0, 0.05) is 48.5 Å². The third-order valence-corrected chi connectivity index (χ3v) is 5.83. The van der Waals surface area contributed by atoms with E-state index < -0.39 is 6.10 Å². The molecule has 0 saturated carbocycles. The lowest BCUT2D eigenvalue weighted by Crippen LogP contribution is -2.30. The number of nitrogens with zero attached hydrogens (tertiary/aromatic N) is 3. The highest BCUT2D eigenvalue weighted by molar-refractivity contribution is 6.00. The van der Waals surface area contributed by atoms with E-state index in [1.54, 1.807) is 17.3 Å². The van der Waals surface area contributed by atoms with E-state index in [4.69, 9.17) is 0 Å². The number of H-pyrrole nitrogens is 1. The second-order valence-electron chi connectivity index (χ2n) is 7.71. The minimum Gasteiger partial charge on any atom is -0.391 e. The van der Waals surface area contributed by atoms with E-state index >= 15 is 0 Å². The highest BCUT2D eigenvalue weighted by Gasteiger charge is 2.35. The number of amides is 1. The smallest absolute Gasteiger partial charge is 0.254 e. The standard InChI is InChI=1S/C24H22N4O2/c29-22-15-28(24(30)20-7-2-1-6-19(20)23-26-11-12-27-23)14-17(22)13-16-9-10-25-21-8-4-3-5-18(16)21/h1-12,17,22,29H,13-15H2,(H,26,27)/t17-,22-/m1/s1. The highest BCUT2D eigenvalue weighted by atomic mass is 16.3. The van der Waals surface area contributed by atoms with Gasteiger partial charge in [0.25, 0.3) is 5.91 Å². The fraction of sp³-hybridized carbons (Fsp3) is 0.208. The summed E-state index contributed by atoms with van der Waals surface area (Å²) in [4.78, 5) is 26.8. The van der Waals surface area contributed by atoms with Gasteiger partial charge >= 0.3 is 0 Å². The van der Waals surface area contributed by atoms with Gasteiger partial charge in [-0.15, -0.1) is 0 Å². The van der Waals surface area contributed by atoms with Crippen LogP contribution in [0, 0.1) is 5.92 Å². The second kappa shape index (κ2) is 7.72. The van der Waals surface area contributed by atoms with Gasteiger partial charge in [0.15, 0.2) is 0 Å². The molecule has 0 unspecified atom stereocenters. The molecule has 1 aliphatic rings. The maximum Gasteiger partial charge on any atom is 0.254 e. The van der Waals surface area contributed by atoms with Crippen LogP contribution in [0.25, 0.3) is 22.3 Å². The van der Waals surface area contributed by atoms with Crippen LogP contribution in [0.1, 0.15) is 15.9 Å². The molecule has 6 nitrogen and oxygen atoms in total. The third-order valence-electron chi connectivity index (χ3n) is 5.83. The zero-order chi connectivity index (χ0) is 20.5. The second-order valence-corrected chi connectivity index (χ2v) is 7.71. The maximum absolute atomic E-state index is 13.3. The average Bonchev–Trinajstić information content (AvgIpc) is 3.44. The van der Waals surface area contributed by atoms with Crippen molar-refractivity contribution in [2.75, 3.05) is 13.1 Å². The van der Waals surface area contributed by atoms with Gasteiger partial charge in [-0.2, -0.15) is 0 Å². The van der Waals surface area contributed by atoms with Gasteiger partial charge in [-0.25, -0.2) is 4.98 Å². The van der Waals surface area contributed by atoms with Crippen LogP contribution in [0.2, 0.25) is 0 Å². The minimum absolute atomic E-state index is 0.0180. The lowest BCUT2D eigenvalue weighted by molar-refractivity contribution is 0.0765. The summed E-state index contributed by atoms with van der Waals surface area (Å²) in [5, 5.41) is 11.8. The van der Waals surface area contributed by atoms with Gasteiger partial charge in [-0.05, 0) is 30.2 Å². The number of pyridine rings is 1. The van der Waals surface area contributed by atoms with Crippen LogP contribution in [0.3, 0.4) is 0 Å². The van der Waals surface area contributed by atoms with Crippen LogP contribution < -0.4 is 0 Å². The van der Waals surface area contributed by atoms with Gasteiger partial charge in [0.05, 0.1) is 17.2 Å². The van der Waals surface area contributed by atoms with E-state index in [1.165, 1.54) is 0 Å². The lowest BCUT2D eigenvalue weighted by Gasteiger charge is -2.18. The predicted molar refractivity (Wildman–Crippen MR) is 115 cm³/mol. The lowest BCUT2D eigenvalue weighted by atomic mass is 9.94. The Morgan fingerprint density at radius 2 is 1.87 bits per heavy atom. The first-order valence-electron chi connectivity index (χ1n) is 10.1. The minimum atomic E-state index is -0.559.